The van der Waals surface area contributed by atoms with Gasteiger partial charge in [0.05, 0.1) is 12.8 Å². The van der Waals surface area contributed by atoms with Gasteiger partial charge in [-0.1, -0.05) is 26.8 Å². The van der Waals surface area contributed by atoms with Crippen LogP contribution in [0, 0.1) is 11.3 Å². The van der Waals surface area contributed by atoms with Crippen LogP contribution in [0.5, 0.6) is 5.75 Å². The molecule has 34 heavy (non-hydrogen) atoms. The van der Waals surface area contributed by atoms with Gasteiger partial charge < -0.3 is 20.3 Å². The van der Waals surface area contributed by atoms with Gasteiger partial charge in [0.25, 0.3) is 0 Å². The van der Waals surface area contributed by atoms with Crippen LogP contribution in [0.15, 0.2) is 42.3 Å². The molecule has 2 heterocycles. The molecular weight excluding hydrogens is 448 g/mol. The van der Waals surface area contributed by atoms with Crippen molar-refractivity contribution in [2.24, 2.45) is 11.3 Å². The molecule has 2 aromatic rings. The van der Waals surface area contributed by atoms with E-state index in [1.165, 1.54) is 11.3 Å². The van der Waals surface area contributed by atoms with Gasteiger partial charge in [0.1, 0.15) is 17.8 Å². The van der Waals surface area contributed by atoms with E-state index in [1.807, 2.05) is 56.5 Å². The monoisotopic (exact) mass is 482 g/mol. The highest BCUT2D eigenvalue weighted by Crippen LogP contribution is 2.33. The third-order valence-corrected chi connectivity index (χ3v) is 7.35. The smallest absolute Gasteiger partial charge is 0.246 e. The highest BCUT2D eigenvalue weighted by molar-refractivity contribution is 7.14. The third kappa shape index (κ3) is 5.27. The lowest BCUT2D eigenvalue weighted by atomic mass is 9.85. The number of benzene rings is 1. The predicted molar refractivity (Wildman–Crippen MR) is 136 cm³/mol. The van der Waals surface area contributed by atoms with Gasteiger partial charge in [-0.2, -0.15) is 0 Å². The van der Waals surface area contributed by atoms with E-state index in [1.54, 1.807) is 12.0 Å². The van der Waals surface area contributed by atoms with Crippen LogP contribution in [0.25, 0.3) is 11.3 Å². The largest absolute Gasteiger partial charge is 0.497 e. The molecule has 1 aromatic heterocycles. The number of aromatic nitrogens is 1. The van der Waals surface area contributed by atoms with Crippen molar-refractivity contribution in [2.45, 2.75) is 58.2 Å². The van der Waals surface area contributed by atoms with Crippen molar-refractivity contribution in [3.05, 3.63) is 42.3 Å². The molecule has 1 unspecified atom stereocenters. The molecule has 1 saturated heterocycles. The first-order chi connectivity index (χ1) is 16.2. The maximum absolute atomic E-state index is 13.7. The Morgan fingerprint density at radius 1 is 1.29 bits per heavy atom. The van der Waals surface area contributed by atoms with E-state index in [0.717, 1.165) is 29.8 Å². The molecule has 1 aromatic carbocycles. The number of carbonyl (C=O) groups excluding carboxylic acids is 2. The number of ether oxygens (including phenoxy) is 1. The fourth-order valence-electron chi connectivity index (χ4n) is 4.40. The number of hydrogen-bond donors (Lipinski definition) is 2. The van der Waals surface area contributed by atoms with Crippen LogP contribution in [0.4, 0.5) is 5.13 Å². The number of nitrogens with one attached hydrogen (secondary N) is 2. The van der Waals surface area contributed by atoms with Crippen molar-refractivity contribution in [3.8, 4) is 17.0 Å². The lowest BCUT2D eigenvalue weighted by molar-refractivity contribution is -0.140. The molecule has 182 valence electrons. The Balaban J connectivity index is 1.47. The van der Waals surface area contributed by atoms with Gasteiger partial charge in [0.15, 0.2) is 5.13 Å². The molecule has 2 fully saturated rings. The zero-order valence-corrected chi connectivity index (χ0v) is 21.2. The Bertz CT molecular complexity index is 1040. The van der Waals surface area contributed by atoms with Crippen molar-refractivity contribution >= 4 is 28.3 Å². The van der Waals surface area contributed by atoms with E-state index in [-0.39, 0.29) is 23.3 Å². The highest BCUT2D eigenvalue weighted by Gasteiger charge is 2.43. The Kier molecular flexibility index (Phi) is 6.98. The molecule has 0 radical (unpaired) electrons. The number of carbonyl (C=O) groups is 2. The first kappa shape index (κ1) is 24.3. The second-order valence-corrected chi connectivity index (χ2v) is 11.0. The number of thiazole rings is 1. The van der Waals surface area contributed by atoms with E-state index in [0.29, 0.717) is 24.0 Å². The van der Waals surface area contributed by atoms with Gasteiger partial charge in [-0.05, 0) is 54.9 Å². The SMILES string of the molecule is C=C[C@@H]1CC1NC(=O)[C@@H]1CCCN1C(=O)[C@@H](Nc1nc(-c2ccc(OC)cc2)cs1)C(C)(C)C. The quantitative estimate of drug-likeness (QED) is 0.548. The summed E-state index contributed by atoms with van der Waals surface area (Å²) in [4.78, 5) is 33.1. The zero-order chi connectivity index (χ0) is 24.5. The van der Waals surface area contributed by atoms with Crippen LogP contribution < -0.4 is 15.4 Å². The van der Waals surface area contributed by atoms with Gasteiger partial charge in [0, 0.05) is 23.5 Å². The van der Waals surface area contributed by atoms with E-state index in [2.05, 4.69) is 17.2 Å². The van der Waals surface area contributed by atoms with Crippen LogP contribution >= 0.6 is 11.3 Å². The second-order valence-electron chi connectivity index (χ2n) is 10.1. The zero-order valence-electron chi connectivity index (χ0n) is 20.3. The average Bonchev–Trinajstić information content (AvgIpc) is 3.17. The van der Waals surface area contributed by atoms with E-state index >= 15 is 0 Å². The van der Waals surface area contributed by atoms with Crippen molar-refractivity contribution in [2.75, 3.05) is 19.0 Å². The summed E-state index contributed by atoms with van der Waals surface area (Å²) < 4.78 is 5.23. The number of rotatable bonds is 8. The Morgan fingerprint density at radius 3 is 2.65 bits per heavy atom. The van der Waals surface area contributed by atoms with Gasteiger partial charge >= 0.3 is 0 Å². The standard InChI is InChI=1S/C26H34N4O3S/c1-6-16-14-19(16)27-23(31)21-8-7-13-30(21)24(32)22(26(2,3)4)29-25-28-20(15-34-25)17-9-11-18(33-5)12-10-17/h6,9-12,15-16,19,21-22H,1,7-8,13-14H2,2-5H3,(H,27,31)(H,28,29)/t16-,19?,21+,22-/m1/s1. The molecule has 2 amide bonds. The minimum absolute atomic E-state index is 0.0519. The van der Waals surface area contributed by atoms with Gasteiger partial charge in [-0.3, -0.25) is 9.59 Å². The fraction of sp³-hybridized carbons (Fsp3) is 0.500. The number of methoxy groups -OCH3 is 1. The number of likely N-dealkylation sites (tertiary alicyclic amines) is 1. The van der Waals surface area contributed by atoms with Crippen LogP contribution in [0.1, 0.15) is 40.0 Å². The van der Waals surface area contributed by atoms with Gasteiger partial charge in [-0.25, -0.2) is 4.98 Å². The number of hydrogen-bond acceptors (Lipinski definition) is 6. The topological polar surface area (TPSA) is 83.6 Å². The first-order valence-corrected chi connectivity index (χ1v) is 12.7. The van der Waals surface area contributed by atoms with E-state index < -0.39 is 12.1 Å². The molecule has 2 aliphatic rings. The molecule has 0 spiro atoms. The van der Waals surface area contributed by atoms with E-state index in [9.17, 15) is 9.59 Å². The molecule has 4 atom stereocenters. The minimum atomic E-state index is -0.502. The Labute approximate surface area is 205 Å². The Morgan fingerprint density at radius 2 is 2.03 bits per heavy atom. The van der Waals surface area contributed by atoms with Gasteiger partial charge in [-0.15, -0.1) is 17.9 Å². The first-order valence-electron chi connectivity index (χ1n) is 11.8. The molecule has 1 aliphatic heterocycles. The lowest BCUT2D eigenvalue weighted by Crippen LogP contribution is -2.54. The molecule has 4 rings (SSSR count). The highest BCUT2D eigenvalue weighted by atomic mass is 32.1. The fourth-order valence-corrected chi connectivity index (χ4v) is 5.14. The summed E-state index contributed by atoms with van der Waals surface area (Å²) in [6, 6.07) is 6.98. The number of amides is 2. The van der Waals surface area contributed by atoms with Crippen LogP contribution in [0.2, 0.25) is 0 Å². The molecule has 1 saturated carbocycles. The van der Waals surface area contributed by atoms with Crippen molar-refractivity contribution in [1.29, 1.82) is 0 Å². The van der Waals surface area contributed by atoms with E-state index in [4.69, 9.17) is 9.72 Å². The molecule has 1 aliphatic carbocycles. The Hall–Kier alpha value is -2.87. The number of nitrogens with zero attached hydrogens (tertiary/aromatic N) is 2. The van der Waals surface area contributed by atoms with Crippen molar-refractivity contribution in [1.82, 2.24) is 15.2 Å². The van der Waals surface area contributed by atoms with Crippen molar-refractivity contribution in [3.63, 3.8) is 0 Å². The summed E-state index contributed by atoms with van der Waals surface area (Å²) in [6.45, 7) is 10.5. The summed E-state index contributed by atoms with van der Waals surface area (Å²) in [5.41, 5.74) is 1.46. The molecule has 2 N–H and O–H groups in total. The molecule has 0 bridgehead atoms. The minimum Gasteiger partial charge on any atom is -0.497 e. The van der Waals surface area contributed by atoms with Crippen molar-refractivity contribution < 1.29 is 14.3 Å². The summed E-state index contributed by atoms with van der Waals surface area (Å²) in [5, 5.41) is 9.14. The molecule has 8 heteroatoms. The van der Waals surface area contributed by atoms with Crippen LogP contribution in [-0.4, -0.2) is 53.5 Å². The summed E-state index contributed by atoms with van der Waals surface area (Å²) in [6.07, 6.45) is 4.34. The average molecular weight is 483 g/mol. The summed E-state index contributed by atoms with van der Waals surface area (Å²) in [7, 11) is 1.64. The summed E-state index contributed by atoms with van der Waals surface area (Å²) >= 11 is 1.47. The number of anilines is 1. The van der Waals surface area contributed by atoms with Crippen LogP contribution in [-0.2, 0) is 9.59 Å². The third-order valence-electron chi connectivity index (χ3n) is 6.58. The van der Waals surface area contributed by atoms with Gasteiger partial charge in [0.2, 0.25) is 11.8 Å². The summed E-state index contributed by atoms with van der Waals surface area (Å²) in [5.74, 6) is 1.04. The predicted octanol–water partition coefficient (Wildman–Crippen LogP) is 4.33. The normalized spacial score (nSPS) is 22.7. The maximum Gasteiger partial charge on any atom is 0.246 e. The van der Waals surface area contributed by atoms with Crippen LogP contribution in [0.3, 0.4) is 0 Å². The lowest BCUT2D eigenvalue weighted by Gasteiger charge is -2.35. The molecular formula is C26H34N4O3S. The second kappa shape index (κ2) is 9.78. The maximum atomic E-state index is 13.7. The molecule has 7 nitrogen and oxygen atoms in total.